The van der Waals surface area contributed by atoms with Crippen molar-refractivity contribution >= 4 is 27.7 Å². The minimum Gasteiger partial charge on any atom is -0.248 e. The molecule has 0 aliphatic heterocycles. The molecule has 1 aromatic carbocycles. The van der Waals surface area contributed by atoms with Crippen LogP contribution in [0, 0.1) is 17.1 Å². The average Bonchev–Trinajstić information content (AvgIpc) is 2.34. The third-order valence-corrected chi connectivity index (χ3v) is 3.99. The van der Waals surface area contributed by atoms with Crippen LogP contribution in [-0.4, -0.2) is 4.98 Å². The summed E-state index contributed by atoms with van der Waals surface area (Å²) in [5, 5.41) is 9.67. The molecule has 1 heterocycles. The molecule has 2 aromatic rings. The van der Waals surface area contributed by atoms with Crippen LogP contribution in [0.15, 0.2) is 50.9 Å². The number of rotatable bonds is 2. The minimum atomic E-state index is -0.411. The van der Waals surface area contributed by atoms with Crippen LogP contribution in [0.4, 0.5) is 4.39 Å². The summed E-state index contributed by atoms with van der Waals surface area (Å²) in [6, 6.07) is 9.79. The van der Waals surface area contributed by atoms with Gasteiger partial charge in [-0.05, 0) is 46.3 Å². The Morgan fingerprint density at radius 3 is 2.88 bits per heavy atom. The lowest BCUT2D eigenvalue weighted by Gasteiger charge is -2.04. The van der Waals surface area contributed by atoms with Gasteiger partial charge in [-0.2, -0.15) is 5.26 Å². The van der Waals surface area contributed by atoms with E-state index < -0.39 is 5.82 Å². The van der Waals surface area contributed by atoms with E-state index in [4.69, 9.17) is 5.26 Å². The summed E-state index contributed by atoms with van der Waals surface area (Å²) in [5.74, 6) is -0.411. The third kappa shape index (κ3) is 2.84. The first-order valence-corrected chi connectivity index (χ1v) is 6.29. The fraction of sp³-hybridized carbons (Fsp3) is 0. The lowest BCUT2D eigenvalue weighted by Crippen LogP contribution is -1.86. The predicted octanol–water partition coefficient (Wildman–Crippen LogP) is 4.01. The molecule has 0 N–H and O–H groups in total. The van der Waals surface area contributed by atoms with Crippen LogP contribution in [0.5, 0.6) is 0 Å². The van der Waals surface area contributed by atoms with Gasteiger partial charge in [-0.25, -0.2) is 9.37 Å². The maximum Gasteiger partial charge on any atom is 0.124 e. The van der Waals surface area contributed by atoms with Crippen molar-refractivity contribution in [1.82, 2.24) is 4.98 Å². The Morgan fingerprint density at radius 2 is 2.18 bits per heavy atom. The lowest BCUT2D eigenvalue weighted by atomic mass is 10.2. The molecule has 0 amide bonds. The van der Waals surface area contributed by atoms with Gasteiger partial charge in [-0.1, -0.05) is 11.8 Å². The second kappa shape index (κ2) is 5.30. The van der Waals surface area contributed by atoms with Gasteiger partial charge in [0.1, 0.15) is 16.9 Å². The molecule has 0 saturated carbocycles. The highest BCUT2D eigenvalue weighted by Crippen LogP contribution is 2.33. The molecule has 84 valence electrons. The van der Waals surface area contributed by atoms with Crippen molar-refractivity contribution in [2.45, 2.75) is 9.92 Å². The number of hydrogen-bond acceptors (Lipinski definition) is 3. The van der Waals surface area contributed by atoms with Crippen LogP contribution >= 0.6 is 27.7 Å². The molecule has 0 spiro atoms. The Bertz CT molecular complexity index is 595. The van der Waals surface area contributed by atoms with E-state index in [1.165, 1.54) is 23.9 Å². The summed E-state index contributed by atoms with van der Waals surface area (Å²) in [5.41, 5.74) is 0.313. The van der Waals surface area contributed by atoms with E-state index in [0.29, 0.717) is 10.5 Å². The Balaban J connectivity index is 2.37. The van der Waals surface area contributed by atoms with E-state index >= 15 is 0 Å². The third-order valence-electron chi connectivity index (χ3n) is 1.99. The number of hydrogen-bond donors (Lipinski definition) is 0. The van der Waals surface area contributed by atoms with Crippen molar-refractivity contribution < 1.29 is 4.39 Å². The van der Waals surface area contributed by atoms with Crippen molar-refractivity contribution in [3.63, 3.8) is 0 Å². The topological polar surface area (TPSA) is 36.7 Å². The Hall–Kier alpha value is -1.38. The van der Waals surface area contributed by atoms with Crippen molar-refractivity contribution in [2.24, 2.45) is 0 Å². The summed E-state index contributed by atoms with van der Waals surface area (Å²) in [6.45, 7) is 0. The fourth-order valence-corrected chi connectivity index (χ4v) is 2.56. The highest BCUT2D eigenvalue weighted by atomic mass is 79.9. The van der Waals surface area contributed by atoms with Gasteiger partial charge in [0, 0.05) is 11.1 Å². The summed E-state index contributed by atoms with van der Waals surface area (Å²) in [6.07, 6.45) is 1.67. The van der Waals surface area contributed by atoms with Gasteiger partial charge in [0.25, 0.3) is 0 Å². The molecule has 2 rings (SSSR count). The van der Waals surface area contributed by atoms with E-state index in [1.807, 2.05) is 18.2 Å². The van der Waals surface area contributed by atoms with E-state index in [1.54, 1.807) is 12.3 Å². The van der Waals surface area contributed by atoms with E-state index in [0.717, 1.165) is 9.50 Å². The molecule has 0 aliphatic carbocycles. The van der Waals surface area contributed by atoms with Crippen LogP contribution in [-0.2, 0) is 0 Å². The van der Waals surface area contributed by atoms with E-state index in [9.17, 15) is 4.39 Å². The molecular formula is C12H6BrFN2S. The molecule has 0 fully saturated rings. The van der Waals surface area contributed by atoms with Gasteiger partial charge in [0.15, 0.2) is 0 Å². The first-order chi connectivity index (χ1) is 8.20. The predicted molar refractivity (Wildman–Crippen MR) is 67.2 cm³/mol. The van der Waals surface area contributed by atoms with E-state index in [2.05, 4.69) is 20.9 Å². The second-order valence-corrected chi connectivity index (χ2v) is 5.03. The molecule has 1 aromatic heterocycles. The quantitative estimate of drug-likeness (QED) is 0.841. The zero-order valence-electron chi connectivity index (χ0n) is 8.52. The average molecular weight is 309 g/mol. The standard InChI is InChI=1S/C12H6BrFN2S/c13-10-2-1-5-16-12(10)17-11-4-3-9(14)6-8(11)7-15/h1-6H. The monoisotopic (exact) mass is 308 g/mol. The Morgan fingerprint density at radius 1 is 1.35 bits per heavy atom. The van der Waals surface area contributed by atoms with Crippen LogP contribution in [0.2, 0.25) is 0 Å². The molecule has 0 radical (unpaired) electrons. The van der Waals surface area contributed by atoms with Gasteiger partial charge in [-0.15, -0.1) is 0 Å². The number of benzene rings is 1. The SMILES string of the molecule is N#Cc1cc(F)ccc1Sc1ncccc1Br. The molecule has 0 atom stereocenters. The van der Waals surface area contributed by atoms with Gasteiger partial charge >= 0.3 is 0 Å². The lowest BCUT2D eigenvalue weighted by molar-refractivity contribution is 0.626. The first kappa shape index (κ1) is 12.1. The number of pyridine rings is 1. The normalized spacial score (nSPS) is 9.94. The van der Waals surface area contributed by atoms with Gasteiger partial charge in [0.05, 0.1) is 10.0 Å². The minimum absolute atomic E-state index is 0.313. The second-order valence-electron chi connectivity index (χ2n) is 3.14. The zero-order valence-corrected chi connectivity index (χ0v) is 10.9. The van der Waals surface area contributed by atoms with Gasteiger partial charge in [-0.3, -0.25) is 0 Å². The Kier molecular flexibility index (Phi) is 3.77. The van der Waals surface area contributed by atoms with E-state index in [-0.39, 0.29) is 0 Å². The molecule has 0 bridgehead atoms. The van der Waals surface area contributed by atoms with Crippen molar-refractivity contribution in [3.05, 3.63) is 52.4 Å². The molecule has 0 unspecified atom stereocenters. The molecular weight excluding hydrogens is 303 g/mol. The highest BCUT2D eigenvalue weighted by Gasteiger charge is 2.08. The van der Waals surface area contributed by atoms with Crippen LogP contribution < -0.4 is 0 Å². The smallest absolute Gasteiger partial charge is 0.124 e. The zero-order chi connectivity index (χ0) is 12.3. The fourth-order valence-electron chi connectivity index (χ4n) is 1.23. The van der Waals surface area contributed by atoms with Crippen molar-refractivity contribution in [3.8, 4) is 6.07 Å². The van der Waals surface area contributed by atoms with Crippen LogP contribution in [0.1, 0.15) is 5.56 Å². The number of aromatic nitrogens is 1. The summed E-state index contributed by atoms with van der Waals surface area (Å²) >= 11 is 4.70. The van der Waals surface area contributed by atoms with Crippen LogP contribution in [0.3, 0.4) is 0 Å². The Labute approximate surface area is 111 Å². The largest absolute Gasteiger partial charge is 0.248 e. The molecule has 0 saturated heterocycles. The molecule has 5 heteroatoms. The van der Waals surface area contributed by atoms with Crippen molar-refractivity contribution in [2.75, 3.05) is 0 Å². The molecule has 17 heavy (non-hydrogen) atoms. The number of halogens is 2. The highest BCUT2D eigenvalue weighted by molar-refractivity contribution is 9.10. The maximum absolute atomic E-state index is 13.0. The van der Waals surface area contributed by atoms with Gasteiger partial charge < -0.3 is 0 Å². The van der Waals surface area contributed by atoms with Crippen LogP contribution in [0.25, 0.3) is 0 Å². The number of nitriles is 1. The maximum atomic E-state index is 13.0. The summed E-state index contributed by atoms with van der Waals surface area (Å²) < 4.78 is 13.8. The molecule has 2 nitrogen and oxygen atoms in total. The summed E-state index contributed by atoms with van der Waals surface area (Å²) in [7, 11) is 0. The van der Waals surface area contributed by atoms with Gasteiger partial charge in [0.2, 0.25) is 0 Å². The number of nitrogens with zero attached hydrogens (tertiary/aromatic N) is 2. The van der Waals surface area contributed by atoms with Crippen molar-refractivity contribution in [1.29, 1.82) is 5.26 Å². The molecule has 0 aliphatic rings. The first-order valence-electron chi connectivity index (χ1n) is 4.69. The summed E-state index contributed by atoms with van der Waals surface area (Å²) in [4.78, 5) is 4.87.